The molecule has 0 bridgehead atoms. The molecule has 7 heteroatoms. The van der Waals surface area contributed by atoms with Crippen molar-refractivity contribution in [3.05, 3.63) is 69.7 Å². The first-order chi connectivity index (χ1) is 15.5. The van der Waals surface area contributed by atoms with Gasteiger partial charge in [-0.15, -0.1) is 11.8 Å². The van der Waals surface area contributed by atoms with Gasteiger partial charge >= 0.3 is 0 Å². The summed E-state index contributed by atoms with van der Waals surface area (Å²) in [5.41, 5.74) is 2.03. The highest BCUT2D eigenvalue weighted by Gasteiger charge is 2.30. The lowest BCUT2D eigenvalue weighted by atomic mass is 10.1. The highest BCUT2D eigenvalue weighted by atomic mass is 35.5. The Morgan fingerprint density at radius 2 is 1.78 bits per heavy atom. The van der Waals surface area contributed by atoms with E-state index >= 15 is 0 Å². The van der Waals surface area contributed by atoms with Crippen molar-refractivity contribution in [1.82, 2.24) is 10.2 Å². The first-order valence-electron chi connectivity index (χ1n) is 11.1. The average Bonchev–Trinajstić information content (AvgIpc) is 3.28. The van der Waals surface area contributed by atoms with Crippen molar-refractivity contribution in [2.75, 3.05) is 5.75 Å². The molecular formula is C25H30Cl2N2O2S. The molecule has 1 aliphatic rings. The molecule has 4 nitrogen and oxygen atoms in total. The van der Waals surface area contributed by atoms with Crippen molar-refractivity contribution in [3.8, 4) is 0 Å². The van der Waals surface area contributed by atoms with Crippen LogP contribution in [-0.2, 0) is 21.9 Å². The Hall–Kier alpha value is -1.69. The first kappa shape index (κ1) is 24.9. The number of benzene rings is 2. The number of amides is 2. The monoisotopic (exact) mass is 492 g/mol. The van der Waals surface area contributed by atoms with Gasteiger partial charge in [-0.3, -0.25) is 9.59 Å². The van der Waals surface area contributed by atoms with E-state index in [0.717, 1.165) is 36.8 Å². The molecule has 0 saturated heterocycles. The number of hydrogen-bond acceptors (Lipinski definition) is 3. The predicted octanol–water partition coefficient (Wildman–Crippen LogP) is 6.09. The van der Waals surface area contributed by atoms with Gasteiger partial charge in [-0.2, -0.15) is 0 Å². The van der Waals surface area contributed by atoms with Crippen molar-refractivity contribution in [3.63, 3.8) is 0 Å². The molecule has 0 aliphatic heterocycles. The Bertz CT molecular complexity index is 901. The van der Waals surface area contributed by atoms with Crippen LogP contribution < -0.4 is 5.32 Å². The Morgan fingerprint density at radius 3 is 2.44 bits per heavy atom. The van der Waals surface area contributed by atoms with E-state index in [0.29, 0.717) is 34.5 Å². The summed E-state index contributed by atoms with van der Waals surface area (Å²) in [7, 11) is 0. The Kier molecular flexibility index (Phi) is 9.76. The molecule has 3 rings (SSSR count). The summed E-state index contributed by atoms with van der Waals surface area (Å²) in [5, 5.41) is 4.51. The number of thioether (sulfide) groups is 1. The second-order valence-electron chi connectivity index (χ2n) is 8.18. The van der Waals surface area contributed by atoms with Crippen LogP contribution in [0.4, 0.5) is 0 Å². The van der Waals surface area contributed by atoms with E-state index in [1.807, 2.05) is 55.5 Å². The third-order valence-corrected chi connectivity index (χ3v) is 7.21. The maximum atomic E-state index is 13.3. The van der Waals surface area contributed by atoms with Crippen molar-refractivity contribution in [2.45, 2.75) is 63.4 Å². The molecule has 0 spiro atoms. The summed E-state index contributed by atoms with van der Waals surface area (Å²) in [5.74, 6) is 0.890. The van der Waals surface area contributed by atoms with E-state index in [4.69, 9.17) is 23.2 Å². The number of halogens is 2. The number of carbonyl (C=O) groups excluding carboxylic acids is 2. The largest absolute Gasteiger partial charge is 0.352 e. The van der Waals surface area contributed by atoms with Gasteiger partial charge in [0.2, 0.25) is 11.8 Å². The van der Waals surface area contributed by atoms with Crippen LogP contribution in [0, 0.1) is 0 Å². The minimum Gasteiger partial charge on any atom is -0.352 e. The molecule has 172 valence electrons. The molecule has 1 atom stereocenters. The molecule has 32 heavy (non-hydrogen) atoms. The number of nitrogens with zero attached hydrogens (tertiary/aromatic N) is 1. The third kappa shape index (κ3) is 7.43. The highest BCUT2D eigenvalue weighted by Crippen LogP contribution is 2.21. The van der Waals surface area contributed by atoms with Crippen LogP contribution in [0.1, 0.15) is 50.2 Å². The summed E-state index contributed by atoms with van der Waals surface area (Å²) in [6, 6.07) is 14.8. The maximum Gasteiger partial charge on any atom is 0.243 e. The van der Waals surface area contributed by atoms with E-state index in [-0.39, 0.29) is 17.9 Å². The van der Waals surface area contributed by atoms with Crippen molar-refractivity contribution in [2.24, 2.45) is 0 Å². The van der Waals surface area contributed by atoms with Crippen LogP contribution in [0.15, 0.2) is 48.5 Å². The number of carbonyl (C=O) groups is 2. The van der Waals surface area contributed by atoms with Gasteiger partial charge in [0.05, 0.1) is 5.75 Å². The van der Waals surface area contributed by atoms with Gasteiger partial charge in [0.1, 0.15) is 6.04 Å². The Labute approximate surface area is 205 Å². The first-order valence-corrected chi connectivity index (χ1v) is 13.0. The minimum absolute atomic E-state index is 0.0413. The third-order valence-electron chi connectivity index (χ3n) is 5.74. The smallest absolute Gasteiger partial charge is 0.243 e. The molecule has 0 aromatic heterocycles. The Morgan fingerprint density at radius 1 is 1.06 bits per heavy atom. The fourth-order valence-corrected chi connectivity index (χ4v) is 5.24. The molecule has 1 unspecified atom stereocenters. The van der Waals surface area contributed by atoms with Crippen LogP contribution >= 0.6 is 35.0 Å². The standard InChI is InChI=1S/C25H30Cl2N2O2S/c1-2-23(25(31)28-22-8-3-4-9-22)29(15-18-10-12-20(26)13-11-18)24(30)17-32-16-19-6-5-7-21(27)14-19/h5-7,10-14,22-23H,2-4,8-9,15-17H2,1H3,(H,28,31). The van der Waals surface area contributed by atoms with E-state index < -0.39 is 6.04 Å². The molecule has 0 heterocycles. The van der Waals surface area contributed by atoms with Gasteiger partial charge < -0.3 is 10.2 Å². The molecule has 2 aromatic rings. The van der Waals surface area contributed by atoms with Crippen LogP contribution in [0.5, 0.6) is 0 Å². The summed E-state index contributed by atoms with van der Waals surface area (Å²) in [4.78, 5) is 28.1. The molecule has 1 fully saturated rings. The molecular weight excluding hydrogens is 463 g/mol. The molecule has 2 aromatic carbocycles. The number of rotatable bonds is 10. The summed E-state index contributed by atoms with van der Waals surface area (Å²) in [6.07, 6.45) is 4.90. The lowest BCUT2D eigenvalue weighted by Gasteiger charge is -2.31. The molecule has 1 aliphatic carbocycles. The highest BCUT2D eigenvalue weighted by molar-refractivity contribution is 7.99. The van der Waals surface area contributed by atoms with Crippen LogP contribution in [-0.4, -0.2) is 34.6 Å². The van der Waals surface area contributed by atoms with Crippen LogP contribution in [0.2, 0.25) is 10.0 Å². The summed E-state index contributed by atoms with van der Waals surface area (Å²) < 4.78 is 0. The maximum absolute atomic E-state index is 13.3. The fourth-order valence-electron chi connectivity index (χ4n) is 4.04. The molecule has 1 saturated carbocycles. The fraction of sp³-hybridized carbons (Fsp3) is 0.440. The quantitative estimate of drug-likeness (QED) is 0.436. The summed E-state index contributed by atoms with van der Waals surface area (Å²) in [6.45, 7) is 2.34. The average molecular weight is 494 g/mol. The molecule has 2 amide bonds. The lowest BCUT2D eigenvalue weighted by molar-refractivity contribution is -0.139. The second-order valence-corrected chi connectivity index (χ2v) is 10.0. The SMILES string of the molecule is CCC(C(=O)NC1CCCC1)N(Cc1ccc(Cl)cc1)C(=O)CSCc1cccc(Cl)c1. The van der Waals surface area contributed by atoms with E-state index in [2.05, 4.69) is 5.32 Å². The number of nitrogens with one attached hydrogen (secondary N) is 1. The normalized spacial score (nSPS) is 14.8. The van der Waals surface area contributed by atoms with E-state index in [1.54, 1.807) is 4.90 Å². The topological polar surface area (TPSA) is 49.4 Å². The van der Waals surface area contributed by atoms with Gasteiger partial charge in [0, 0.05) is 28.4 Å². The zero-order valence-electron chi connectivity index (χ0n) is 18.4. The van der Waals surface area contributed by atoms with Crippen molar-refractivity contribution < 1.29 is 9.59 Å². The zero-order valence-corrected chi connectivity index (χ0v) is 20.7. The van der Waals surface area contributed by atoms with Gasteiger partial charge in [0.15, 0.2) is 0 Å². The Balaban J connectivity index is 1.69. The summed E-state index contributed by atoms with van der Waals surface area (Å²) >= 11 is 13.6. The minimum atomic E-state index is -0.495. The molecule has 0 radical (unpaired) electrons. The number of hydrogen-bond donors (Lipinski definition) is 1. The van der Waals surface area contributed by atoms with Gasteiger partial charge in [-0.1, -0.05) is 67.2 Å². The molecule has 1 N–H and O–H groups in total. The lowest BCUT2D eigenvalue weighted by Crippen LogP contribution is -2.51. The van der Waals surface area contributed by atoms with E-state index in [1.165, 1.54) is 11.8 Å². The van der Waals surface area contributed by atoms with Gasteiger partial charge in [-0.05, 0) is 54.7 Å². The van der Waals surface area contributed by atoms with Crippen LogP contribution in [0.3, 0.4) is 0 Å². The zero-order chi connectivity index (χ0) is 22.9. The van der Waals surface area contributed by atoms with Gasteiger partial charge in [0.25, 0.3) is 0 Å². The van der Waals surface area contributed by atoms with Crippen molar-refractivity contribution >= 4 is 46.8 Å². The second kappa shape index (κ2) is 12.5. The van der Waals surface area contributed by atoms with E-state index in [9.17, 15) is 9.59 Å². The van der Waals surface area contributed by atoms with Crippen LogP contribution in [0.25, 0.3) is 0 Å². The van der Waals surface area contributed by atoms with Crippen molar-refractivity contribution in [1.29, 1.82) is 0 Å². The predicted molar refractivity (Wildman–Crippen MR) is 134 cm³/mol. The van der Waals surface area contributed by atoms with Gasteiger partial charge in [-0.25, -0.2) is 0 Å².